The fourth-order valence-corrected chi connectivity index (χ4v) is 3.49. The van der Waals surface area contributed by atoms with Gasteiger partial charge in [-0.3, -0.25) is 5.01 Å². The molecule has 0 saturated carbocycles. The molecule has 1 N–H and O–H groups in total. The molecule has 1 aliphatic rings. The summed E-state index contributed by atoms with van der Waals surface area (Å²) in [6, 6.07) is 12.5. The van der Waals surface area contributed by atoms with Crippen molar-refractivity contribution >= 4 is 6.21 Å². The van der Waals surface area contributed by atoms with Crippen LogP contribution >= 0.6 is 0 Å². The molecule has 0 bridgehead atoms. The summed E-state index contributed by atoms with van der Waals surface area (Å²) in [5.74, 6) is 1.56. The number of hydrazone groups is 1. The van der Waals surface area contributed by atoms with Crippen LogP contribution in [0.1, 0.15) is 22.3 Å². The van der Waals surface area contributed by atoms with Crippen molar-refractivity contribution in [1.82, 2.24) is 5.01 Å². The van der Waals surface area contributed by atoms with Gasteiger partial charge in [-0.25, -0.2) is 0 Å². The Morgan fingerprint density at radius 1 is 1.04 bits per heavy atom. The van der Waals surface area contributed by atoms with Gasteiger partial charge in [0.05, 0.1) is 46.6 Å². The van der Waals surface area contributed by atoms with Crippen LogP contribution in [0, 0.1) is 13.8 Å². The molecule has 0 aliphatic carbocycles. The SMILES string of the molecule is COc1ccc(/C=N\N2CC[NH+](Cc3ccc(C)cc3C)CC2)c(OC)c1. The summed E-state index contributed by atoms with van der Waals surface area (Å²) in [7, 11) is 3.32. The summed E-state index contributed by atoms with van der Waals surface area (Å²) in [6.45, 7) is 9.60. The number of methoxy groups -OCH3 is 2. The maximum Gasteiger partial charge on any atom is 0.131 e. The second-order valence-electron chi connectivity index (χ2n) is 7.16. The van der Waals surface area contributed by atoms with Crippen LogP contribution < -0.4 is 14.4 Å². The lowest BCUT2D eigenvalue weighted by Crippen LogP contribution is -3.13. The van der Waals surface area contributed by atoms with E-state index in [1.807, 2.05) is 24.4 Å². The van der Waals surface area contributed by atoms with Crippen molar-refractivity contribution in [3.05, 3.63) is 58.7 Å². The number of nitrogens with one attached hydrogen (secondary N) is 1. The van der Waals surface area contributed by atoms with Crippen LogP contribution in [-0.2, 0) is 6.54 Å². The number of hydrogen-bond acceptors (Lipinski definition) is 4. The van der Waals surface area contributed by atoms with Gasteiger partial charge in [-0.05, 0) is 31.5 Å². The fourth-order valence-electron chi connectivity index (χ4n) is 3.49. The molecule has 1 fully saturated rings. The Bertz CT molecular complexity index is 796. The minimum absolute atomic E-state index is 0.775. The molecule has 0 aromatic heterocycles. The van der Waals surface area contributed by atoms with E-state index in [9.17, 15) is 0 Å². The molecule has 0 spiro atoms. The molecule has 1 aliphatic heterocycles. The molecule has 2 aromatic carbocycles. The average Bonchev–Trinajstić information content (AvgIpc) is 2.69. The van der Waals surface area contributed by atoms with Crippen molar-refractivity contribution in [2.45, 2.75) is 20.4 Å². The van der Waals surface area contributed by atoms with E-state index in [2.05, 4.69) is 42.2 Å². The Hall–Kier alpha value is -2.53. The Balaban J connectivity index is 1.55. The standard InChI is InChI=1S/C22H29N3O2/c1-17-5-6-20(18(2)13-17)16-24-9-11-25(12-10-24)23-15-19-7-8-21(26-3)14-22(19)27-4/h5-8,13-15H,9-12,16H2,1-4H3/p+1/b23-15-. The van der Waals surface area contributed by atoms with E-state index in [1.165, 1.54) is 16.7 Å². The van der Waals surface area contributed by atoms with E-state index < -0.39 is 0 Å². The third-order valence-electron chi connectivity index (χ3n) is 5.19. The third kappa shape index (κ3) is 5.01. The minimum atomic E-state index is 0.775. The Morgan fingerprint density at radius 3 is 2.48 bits per heavy atom. The van der Waals surface area contributed by atoms with E-state index in [0.29, 0.717) is 0 Å². The summed E-state index contributed by atoms with van der Waals surface area (Å²) < 4.78 is 10.7. The van der Waals surface area contributed by atoms with E-state index in [4.69, 9.17) is 9.47 Å². The first kappa shape index (κ1) is 19.2. The number of piperazine rings is 1. The van der Waals surface area contributed by atoms with E-state index in [1.54, 1.807) is 19.1 Å². The first-order valence-electron chi connectivity index (χ1n) is 9.49. The lowest BCUT2D eigenvalue weighted by atomic mass is 10.1. The molecule has 0 atom stereocenters. The third-order valence-corrected chi connectivity index (χ3v) is 5.19. The predicted octanol–water partition coefficient (Wildman–Crippen LogP) is 2.06. The molecule has 144 valence electrons. The van der Waals surface area contributed by atoms with E-state index in [0.717, 1.165) is 49.8 Å². The van der Waals surface area contributed by atoms with Gasteiger partial charge in [-0.2, -0.15) is 5.10 Å². The highest BCUT2D eigenvalue weighted by Gasteiger charge is 2.19. The number of quaternary nitrogens is 1. The molecular formula is C22H30N3O2+. The zero-order valence-electron chi connectivity index (χ0n) is 16.8. The largest absolute Gasteiger partial charge is 0.497 e. The molecular weight excluding hydrogens is 338 g/mol. The van der Waals surface area contributed by atoms with Crippen LogP contribution in [0.25, 0.3) is 0 Å². The van der Waals surface area contributed by atoms with Gasteiger partial charge in [0.15, 0.2) is 0 Å². The minimum Gasteiger partial charge on any atom is -0.497 e. The lowest BCUT2D eigenvalue weighted by molar-refractivity contribution is -0.918. The normalized spacial score (nSPS) is 15.3. The molecule has 5 nitrogen and oxygen atoms in total. The van der Waals surface area contributed by atoms with Gasteiger partial charge < -0.3 is 14.4 Å². The van der Waals surface area contributed by atoms with Crippen LogP contribution in [0.2, 0.25) is 0 Å². The van der Waals surface area contributed by atoms with Gasteiger partial charge in [-0.15, -0.1) is 0 Å². The first-order valence-corrected chi connectivity index (χ1v) is 9.49. The van der Waals surface area contributed by atoms with E-state index >= 15 is 0 Å². The van der Waals surface area contributed by atoms with Crippen LogP contribution in [0.5, 0.6) is 11.5 Å². The second kappa shape index (κ2) is 8.91. The summed E-state index contributed by atoms with van der Waals surface area (Å²) in [6.07, 6.45) is 1.88. The quantitative estimate of drug-likeness (QED) is 0.794. The summed E-state index contributed by atoms with van der Waals surface area (Å²) in [4.78, 5) is 1.62. The van der Waals surface area contributed by atoms with Gasteiger partial charge >= 0.3 is 0 Å². The van der Waals surface area contributed by atoms with Crippen molar-refractivity contribution in [3.63, 3.8) is 0 Å². The molecule has 0 unspecified atom stereocenters. The molecule has 0 radical (unpaired) electrons. The maximum atomic E-state index is 5.44. The van der Waals surface area contributed by atoms with E-state index in [-0.39, 0.29) is 0 Å². The molecule has 0 amide bonds. The van der Waals surface area contributed by atoms with Gasteiger partial charge in [0, 0.05) is 17.2 Å². The zero-order valence-corrected chi connectivity index (χ0v) is 16.8. The van der Waals surface area contributed by atoms with Crippen LogP contribution in [-0.4, -0.2) is 51.6 Å². The number of ether oxygens (including phenoxy) is 2. The predicted molar refractivity (Wildman–Crippen MR) is 109 cm³/mol. The fraction of sp³-hybridized carbons (Fsp3) is 0.409. The first-order chi connectivity index (χ1) is 13.1. The van der Waals surface area contributed by atoms with Gasteiger partial charge in [0.2, 0.25) is 0 Å². The summed E-state index contributed by atoms with van der Waals surface area (Å²) >= 11 is 0. The topological polar surface area (TPSA) is 38.5 Å². The smallest absolute Gasteiger partial charge is 0.131 e. The van der Waals surface area contributed by atoms with Crippen molar-refractivity contribution in [2.75, 3.05) is 40.4 Å². The summed E-state index contributed by atoms with van der Waals surface area (Å²) in [5, 5.41) is 6.81. The zero-order chi connectivity index (χ0) is 19.2. The van der Waals surface area contributed by atoms with Crippen LogP contribution in [0.3, 0.4) is 0 Å². The highest BCUT2D eigenvalue weighted by molar-refractivity contribution is 5.83. The second-order valence-corrected chi connectivity index (χ2v) is 7.16. The molecule has 27 heavy (non-hydrogen) atoms. The van der Waals surface area contributed by atoms with Gasteiger partial charge in [0.25, 0.3) is 0 Å². The Morgan fingerprint density at radius 2 is 1.81 bits per heavy atom. The van der Waals surface area contributed by atoms with Crippen molar-refractivity contribution in [2.24, 2.45) is 5.10 Å². The van der Waals surface area contributed by atoms with Crippen molar-refractivity contribution in [1.29, 1.82) is 0 Å². The van der Waals surface area contributed by atoms with Gasteiger partial charge in [0.1, 0.15) is 18.0 Å². The number of nitrogens with zero attached hydrogens (tertiary/aromatic N) is 2. The summed E-state index contributed by atoms with van der Waals surface area (Å²) in [5.41, 5.74) is 5.15. The maximum absolute atomic E-state index is 5.44. The lowest BCUT2D eigenvalue weighted by Gasteiger charge is -2.30. The molecule has 2 aromatic rings. The number of benzene rings is 2. The number of rotatable bonds is 6. The molecule has 3 rings (SSSR count). The van der Waals surface area contributed by atoms with Crippen LogP contribution in [0.15, 0.2) is 41.5 Å². The average molecular weight is 369 g/mol. The van der Waals surface area contributed by atoms with Crippen molar-refractivity contribution < 1.29 is 14.4 Å². The molecule has 1 saturated heterocycles. The Labute approximate surface area is 162 Å². The van der Waals surface area contributed by atoms with Crippen LogP contribution in [0.4, 0.5) is 0 Å². The highest BCUT2D eigenvalue weighted by atomic mass is 16.5. The highest BCUT2D eigenvalue weighted by Crippen LogP contribution is 2.23. The molecule has 5 heteroatoms. The molecule has 1 heterocycles. The monoisotopic (exact) mass is 368 g/mol. The van der Waals surface area contributed by atoms with Gasteiger partial charge in [-0.1, -0.05) is 23.8 Å². The Kier molecular flexibility index (Phi) is 6.35. The number of hydrogen-bond donors (Lipinski definition) is 1. The van der Waals surface area contributed by atoms with Crippen molar-refractivity contribution in [3.8, 4) is 11.5 Å². The number of aryl methyl sites for hydroxylation is 2.